The maximum Gasteiger partial charge on any atom is 0.238 e. The highest BCUT2D eigenvalue weighted by molar-refractivity contribution is 7.89. The number of primary sulfonamides is 1. The fourth-order valence-electron chi connectivity index (χ4n) is 17.3. The van der Waals surface area contributed by atoms with Crippen LogP contribution in [0.15, 0.2) is 29.2 Å². The molecule has 0 radical (unpaired) electrons. The van der Waals surface area contributed by atoms with Crippen LogP contribution in [0.4, 0.5) is 5.69 Å². The van der Waals surface area contributed by atoms with Gasteiger partial charge in [-0.05, 0) is 144 Å². The lowest BCUT2D eigenvalue weighted by molar-refractivity contribution is -0.132. The molecule has 1 amide bonds. The zero-order chi connectivity index (χ0) is 58.4. The molecule has 0 spiro atoms. The summed E-state index contributed by atoms with van der Waals surface area (Å²) in [4.78, 5) is 16.0. The number of hydrogen-bond donors (Lipinski definition) is 2. The molecule has 1 aromatic carbocycles. The number of rotatable bonds is 44. The van der Waals surface area contributed by atoms with Crippen molar-refractivity contribution in [1.82, 2.24) is 0 Å². The van der Waals surface area contributed by atoms with Crippen molar-refractivity contribution in [2.45, 2.75) is 356 Å². The van der Waals surface area contributed by atoms with E-state index < -0.39 is 15.4 Å². The van der Waals surface area contributed by atoms with Gasteiger partial charge in [0.15, 0.2) is 0 Å². The molecule has 76 heavy (non-hydrogen) atoms. The van der Waals surface area contributed by atoms with Gasteiger partial charge < -0.3 is 5.32 Å². The summed E-state index contributed by atoms with van der Waals surface area (Å²) in [6, 6.07) is 6.56. The number of nitrogens with two attached hydrogens (primary N) is 1. The second kappa shape index (κ2) is 31.7. The van der Waals surface area contributed by atoms with Crippen molar-refractivity contribution in [1.29, 1.82) is 0 Å². The summed E-state index contributed by atoms with van der Waals surface area (Å²) >= 11 is 0. The Bertz CT molecular complexity index is 1730. The zero-order valence-electron chi connectivity index (χ0n) is 55.1. The third kappa shape index (κ3) is 18.6. The molecule has 0 aliphatic rings. The van der Waals surface area contributed by atoms with Crippen molar-refractivity contribution in [2.75, 3.05) is 5.32 Å². The summed E-state index contributed by atoms with van der Waals surface area (Å²) < 4.78 is 24.9. The van der Waals surface area contributed by atoms with Crippen LogP contribution >= 0.6 is 0 Å². The Balaban J connectivity index is 5.37. The molecular weight excluding hydrogens is 949 g/mol. The molecule has 0 aromatic heterocycles. The first-order chi connectivity index (χ1) is 35.7. The van der Waals surface area contributed by atoms with E-state index in [4.69, 9.17) is 5.14 Å². The number of hydrogen-bond acceptors (Lipinski definition) is 3. The predicted molar refractivity (Wildman–Crippen MR) is 338 cm³/mol. The number of amides is 1. The maximum atomic E-state index is 15.9. The van der Waals surface area contributed by atoms with Gasteiger partial charge in [0.1, 0.15) is 0 Å². The molecular formula is C70H134N2O3S. The summed E-state index contributed by atoms with van der Waals surface area (Å²) in [6.45, 7) is 52.3. The average molecular weight is 1080 g/mol. The summed E-state index contributed by atoms with van der Waals surface area (Å²) in [5.41, 5.74) is 1.13. The van der Waals surface area contributed by atoms with Crippen molar-refractivity contribution < 1.29 is 13.2 Å². The van der Waals surface area contributed by atoms with E-state index in [1.807, 2.05) is 0 Å². The SMILES string of the molecule is CCCCCC(CC(CC)(CC)CC)(CC(CC)(CC)CC)CC(CC(CC)(CC)CC)(CC(CC(CC)(CC)CC)(CC(CC)(CC)CC)CC(CC)(CC)CC)CC(C)(CC)C(=O)Nc1ccc(S(N)(=O)=O)cc1. The minimum absolute atomic E-state index is 0.0333. The molecule has 1 aromatic rings. The van der Waals surface area contributed by atoms with Crippen LogP contribution in [0.25, 0.3) is 0 Å². The van der Waals surface area contributed by atoms with Gasteiger partial charge in [-0.1, -0.05) is 280 Å². The van der Waals surface area contributed by atoms with Crippen LogP contribution in [-0.4, -0.2) is 14.3 Å². The Morgan fingerprint density at radius 2 is 0.618 bits per heavy atom. The standard InChI is InChI=1S/C70H134N2O3S/c1-22-42-43-48-68(50-62(24-3,25-4)26-5,51-63(27-6,28-7)29-8)56-69(52-64(30-9,31-10)32-11,49-61(21,23-2)60(73)72-58-44-46-59(47-45-58)76(71,74)75)57-70(53-65(33-12,34-13)35-14,54-66(36-15,37-16)38-17)55-67(39-18,40-19)41-20/h44-47H,22-43,48-57H2,1-21H3,(H,72,73)(H2,71,74,75). The first-order valence-corrected chi connectivity index (χ1v) is 34.7. The number of carbonyl (C=O) groups is 1. The quantitative estimate of drug-likeness (QED) is 0.0638. The van der Waals surface area contributed by atoms with Gasteiger partial charge in [-0.25, -0.2) is 13.6 Å². The van der Waals surface area contributed by atoms with E-state index in [9.17, 15) is 8.42 Å². The van der Waals surface area contributed by atoms with Crippen LogP contribution in [0.2, 0.25) is 0 Å². The normalized spacial score (nSPS) is 15.4. The molecule has 2 atom stereocenters. The summed E-state index contributed by atoms with van der Waals surface area (Å²) in [5.74, 6) is 0.0649. The van der Waals surface area contributed by atoms with Gasteiger partial charge in [0.2, 0.25) is 15.9 Å². The van der Waals surface area contributed by atoms with E-state index in [1.54, 1.807) is 24.3 Å². The third-order valence-electron chi connectivity index (χ3n) is 24.3. The minimum atomic E-state index is -3.88. The Labute approximate surface area is 477 Å². The number of benzene rings is 1. The molecule has 5 nitrogen and oxygen atoms in total. The van der Waals surface area contributed by atoms with E-state index in [0.29, 0.717) is 5.69 Å². The smallest absolute Gasteiger partial charge is 0.238 e. The number of nitrogens with one attached hydrogen (secondary N) is 1. The van der Waals surface area contributed by atoms with Crippen molar-refractivity contribution in [2.24, 2.45) is 59.3 Å². The summed E-state index contributed by atoms with van der Waals surface area (Å²) in [5, 5.41) is 9.06. The number of carbonyl (C=O) groups excluding carboxylic acids is 1. The summed E-state index contributed by atoms with van der Waals surface area (Å²) in [7, 11) is -3.88. The molecule has 0 saturated carbocycles. The second-order valence-corrected chi connectivity index (χ2v) is 28.9. The zero-order valence-corrected chi connectivity index (χ0v) is 56.0. The molecule has 0 saturated heterocycles. The fourth-order valence-corrected chi connectivity index (χ4v) is 17.8. The van der Waals surface area contributed by atoms with Gasteiger partial charge in [0.05, 0.1) is 4.90 Å². The lowest BCUT2D eigenvalue weighted by atomic mass is 9.45. The molecule has 0 heterocycles. The van der Waals surface area contributed by atoms with Crippen molar-refractivity contribution >= 4 is 21.6 Å². The number of unbranched alkanes of at least 4 members (excludes halogenated alkanes) is 2. The first-order valence-electron chi connectivity index (χ1n) is 33.1. The van der Waals surface area contributed by atoms with Crippen LogP contribution < -0.4 is 10.5 Å². The molecule has 6 heteroatoms. The molecule has 0 aliphatic heterocycles. The lowest BCUT2D eigenvalue weighted by Crippen LogP contribution is -2.50. The van der Waals surface area contributed by atoms with Gasteiger partial charge in [-0.3, -0.25) is 4.79 Å². The minimum Gasteiger partial charge on any atom is -0.326 e. The van der Waals surface area contributed by atoms with E-state index >= 15 is 4.79 Å². The molecule has 0 bridgehead atoms. The third-order valence-corrected chi connectivity index (χ3v) is 25.3. The molecule has 448 valence electrons. The van der Waals surface area contributed by atoms with Crippen LogP contribution in [0.1, 0.15) is 351 Å². The highest BCUT2D eigenvalue weighted by Crippen LogP contribution is 2.68. The van der Waals surface area contributed by atoms with Gasteiger partial charge in [0.25, 0.3) is 0 Å². The van der Waals surface area contributed by atoms with Crippen molar-refractivity contribution in [3.05, 3.63) is 24.3 Å². The van der Waals surface area contributed by atoms with E-state index in [1.165, 1.54) is 167 Å². The molecule has 1 rings (SSSR count). The highest BCUT2D eigenvalue weighted by Gasteiger charge is 2.57. The molecule has 3 N–H and O–H groups in total. The monoisotopic (exact) mass is 1080 g/mol. The highest BCUT2D eigenvalue weighted by atomic mass is 32.2. The van der Waals surface area contributed by atoms with Gasteiger partial charge in [-0.2, -0.15) is 0 Å². The maximum absolute atomic E-state index is 15.9. The van der Waals surface area contributed by atoms with Gasteiger partial charge in [0, 0.05) is 11.1 Å². The van der Waals surface area contributed by atoms with E-state index in [2.05, 4.69) is 151 Å². The Morgan fingerprint density at radius 1 is 0.368 bits per heavy atom. The van der Waals surface area contributed by atoms with Crippen molar-refractivity contribution in [3.63, 3.8) is 0 Å². The topological polar surface area (TPSA) is 89.3 Å². The van der Waals surface area contributed by atoms with Gasteiger partial charge >= 0.3 is 0 Å². The van der Waals surface area contributed by atoms with Crippen LogP contribution in [0.5, 0.6) is 0 Å². The first kappa shape index (κ1) is 72.6. The molecule has 2 unspecified atom stereocenters. The van der Waals surface area contributed by atoms with E-state index in [0.717, 1.165) is 38.5 Å². The Morgan fingerprint density at radius 3 is 0.868 bits per heavy atom. The lowest BCUT2D eigenvalue weighted by Gasteiger charge is -2.60. The van der Waals surface area contributed by atoms with Crippen LogP contribution in [-0.2, 0) is 14.8 Å². The Kier molecular flexibility index (Phi) is 30.3. The molecule has 0 aliphatic carbocycles. The molecule has 0 fully saturated rings. The largest absolute Gasteiger partial charge is 0.326 e. The van der Waals surface area contributed by atoms with Gasteiger partial charge in [-0.15, -0.1) is 0 Å². The van der Waals surface area contributed by atoms with E-state index in [-0.39, 0.29) is 59.5 Å². The second-order valence-electron chi connectivity index (χ2n) is 27.3. The summed E-state index contributed by atoms with van der Waals surface area (Å²) in [6.07, 6.45) is 37.8. The van der Waals surface area contributed by atoms with Crippen LogP contribution in [0.3, 0.4) is 0 Å². The van der Waals surface area contributed by atoms with Crippen molar-refractivity contribution in [3.8, 4) is 0 Å². The van der Waals surface area contributed by atoms with Crippen LogP contribution in [0, 0.1) is 54.1 Å². The predicted octanol–water partition coefficient (Wildman–Crippen LogP) is 23.0. The average Bonchev–Trinajstić information content (AvgIpc) is 3.43. The Hall–Kier alpha value is -1.40. The number of anilines is 1. The number of sulfonamides is 1. The fraction of sp³-hybridized carbons (Fsp3) is 0.900.